The van der Waals surface area contributed by atoms with Crippen LogP contribution in [0.5, 0.6) is 0 Å². The lowest BCUT2D eigenvalue weighted by Crippen LogP contribution is -2.15. The van der Waals surface area contributed by atoms with Gasteiger partial charge in [-0.15, -0.1) is 6.58 Å². The van der Waals surface area contributed by atoms with Crippen LogP contribution in [-0.2, 0) is 0 Å². The quantitative estimate of drug-likeness (QED) is 0.793. The molecule has 0 aliphatic heterocycles. The SMILES string of the molecule is C=CCC(C)Nc1ncnc2ccccc12. The molecule has 1 aromatic carbocycles. The summed E-state index contributed by atoms with van der Waals surface area (Å²) < 4.78 is 0. The van der Waals surface area contributed by atoms with Crippen molar-refractivity contribution in [2.45, 2.75) is 19.4 Å². The van der Waals surface area contributed by atoms with Crippen LogP contribution in [0, 0.1) is 0 Å². The van der Waals surface area contributed by atoms with E-state index < -0.39 is 0 Å². The molecule has 1 N–H and O–H groups in total. The van der Waals surface area contributed by atoms with Crippen LogP contribution in [0.15, 0.2) is 43.2 Å². The van der Waals surface area contributed by atoms with Crippen molar-refractivity contribution >= 4 is 16.7 Å². The molecule has 3 heteroatoms. The molecule has 0 radical (unpaired) electrons. The van der Waals surface area contributed by atoms with E-state index in [1.807, 2.05) is 30.3 Å². The fraction of sp³-hybridized carbons (Fsp3) is 0.231. The summed E-state index contributed by atoms with van der Waals surface area (Å²) in [4.78, 5) is 8.50. The Morgan fingerprint density at radius 2 is 2.19 bits per heavy atom. The molecule has 0 fully saturated rings. The highest BCUT2D eigenvalue weighted by Gasteiger charge is 2.05. The third-order valence-electron chi connectivity index (χ3n) is 2.45. The minimum Gasteiger partial charge on any atom is -0.367 e. The first-order chi connectivity index (χ1) is 7.81. The van der Waals surface area contributed by atoms with E-state index in [-0.39, 0.29) is 0 Å². The zero-order valence-corrected chi connectivity index (χ0v) is 9.35. The molecule has 0 bridgehead atoms. The zero-order valence-electron chi connectivity index (χ0n) is 9.35. The predicted octanol–water partition coefficient (Wildman–Crippen LogP) is 3.01. The maximum Gasteiger partial charge on any atom is 0.137 e. The lowest BCUT2D eigenvalue weighted by molar-refractivity contribution is 0.808. The van der Waals surface area contributed by atoms with Gasteiger partial charge in [0.15, 0.2) is 0 Å². The Hall–Kier alpha value is -1.90. The van der Waals surface area contributed by atoms with Gasteiger partial charge in [0.1, 0.15) is 12.1 Å². The maximum atomic E-state index is 4.27. The molecule has 0 aliphatic carbocycles. The summed E-state index contributed by atoms with van der Waals surface area (Å²) in [6.45, 7) is 5.84. The zero-order chi connectivity index (χ0) is 11.4. The Balaban J connectivity index is 2.33. The second kappa shape index (κ2) is 4.75. The molecular formula is C13H15N3. The Kier molecular flexibility index (Phi) is 3.15. The molecule has 0 saturated heterocycles. The first-order valence-corrected chi connectivity index (χ1v) is 5.38. The highest BCUT2D eigenvalue weighted by molar-refractivity contribution is 5.88. The fourth-order valence-electron chi connectivity index (χ4n) is 1.66. The van der Waals surface area contributed by atoms with Crippen LogP contribution < -0.4 is 5.32 Å². The van der Waals surface area contributed by atoms with Crippen LogP contribution in [0.2, 0.25) is 0 Å². The average molecular weight is 213 g/mol. The van der Waals surface area contributed by atoms with E-state index in [1.54, 1.807) is 6.33 Å². The van der Waals surface area contributed by atoms with E-state index in [0.717, 1.165) is 23.1 Å². The number of nitrogens with one attached hydrogen (secondary N) is 1. The van der Waals surface area contributed by atoms with Gasteiger partial charge in [0, 0.05) is 11.4 Å². The molecule has 2 rings (SSSR count). The van der Waals surface area contributed by atoms with Gasteiger partial charge in [-0.05, 0) is 25.5 Å². The van der Waals surface area contributed by atoms with Gasteiger partial charge in [0.2, 0.25) is 0 Å². The molecule has 0 aliphatic rings. The normalized spacial score (nSPS) is 12.3. The Morgan fingerprint density at radius 3 is 3.00 bits per heavy atom. The molecule has 3 nitrogen and oxygen atoms in total. The van der Waals surface area contributed by atoms with Crippen LogP contribution in [-0.4, -0.2) is 16.0 Å². The van der Waals surface area contributed by atoms with Gasteiger partial charge in [-0.1, -0.05) is 18.2 Å². The second-order valence-electron chi connectivity index (χ2n) is 3.81. The smallest absolute Gasteiger partial charge is 0.137 e. The third kappa shape index (κ3) is 2.19. The van der Waals surface area contributed by atoms with Crippen LogP contribution in [0.3, 0.4) is 0 Å². The van der Waals surface area contributed by atoms with Crippen LogP contribution in [0.25, 0.3) is 10.9 Å². The molecule has 1 atom stereocenters. The third-order valence-corrected chi connectivity index (χ3v) is 2.45. The van der Waals surface area contributed by atoms with Crippen molar-refractivity contribution in [1.82, 2.24) is 9.97 Å². The topological polar surface area (TPSA) is 37.8 Å². The molecule has 2 aromatic rings. The molecule has 0 spiro atoms. The van der Waals surface area contributed by atoms with E-state index in [9.17, 15) is 0 Å². The minimum absolute atomic E-state index is 0.329. The summed E-state index contributed by atoms with van der Waals surface area (Å²) >= 11 is 0. The van der Waals surface area contributed by atoms with E-state index >= 15 is 0 Å². The van der Waals surface area contributed by atoms with Crippen LogP contribution in [0.1, 0.15) is 13.3 Å². The highest BCUT2D eigenvalue weighted by Crippen LogP contribution is 2.19. The second-order valence-corrected chi connectivity index (χ2v) is 3.81. The summed E-state index contributed by atoms with van der Waals surface area (Å²) in [5.41, 5.74) is 0.964. The van der Waals surface area contributed by atoms with Crippen molar-refractivity contribution < 1.29 is 0 Å². The molecule has 16 heavy (non-hydrogen) atoms. The predicted molar refractivity (Wildman–Crippen MR) is 67.4 cm³/mol. The van der Waals surface area contributed by atoms with Crippen LogP contribution >= 0.6 is 0 Å². The summed E-state index contributed by atoms with van der Waals surface area (Å²) in [6.07, 6.45) is 4.41. The molecule has 1 heterocycles. The van der Waals surface area contributed by atoms with E-state index in [4.69, 9.17) is 0 Å². The monoisotopic (exact) mass is 213 g/mol. The van der Waals surface area contributed by atoms with Gasteiger partial charge in [-0.3, -0.25) is 0 Å². The first-order valence-electron chi connectivity index (χ1n) is 5.38. The lowest BCUT2D eigenvalue weighted by Gasteiger charge is -2.13. The van der Waals surface area contributed by atoms with Crippen molar-refractivity contribution in [2.75, 3.05) is 5.32 Å². The number of nitrogens with zero attached hydrogens (tertiary/aromatic N) is 2. The summed E-state index contributed by atoms with van der Waals surface area (Å²) in [6, 6.07) is 8.32. The van der Waals surface area contributed by atoms with E-state index in [2.05, 4.69) is 28.8 Å². The molecule has 0 saturated carbocycles. The van der Waals surface area contributed by atoms with Gasteiger partial charge < -0.3 is 5.32 Å². The molecule has 1 aromatic heterocycles. The standard InChI is InChI=1S/C13H15N3/c1-3-6-10(2)16-13-11-7-4-5-8-12(11)14-9-15-13/h3-5,7-10H,1,6H2,2H3,(H,14,15,16). The number of aromatic nitrogens is 2. The maximum absolute atomic E-state index is 4.27. The number of hydrogen-bond acceptors (Lipinski definition) is 3. The van der Waals surface area contributed by atoms with Gasteiger partial charge in [0.05, 0.1) is 5.52 Å². The molecule has 1 unspecified atom stereocenters. The van der Waals surface area contributed by atoms with E-state index in [0.29, 0.717) is 6.04 Å². The number of anilines is 1. The number of para-hydroxylation sites is 1. The number of fused-ring (bicyclic) bond motifs is 1. The first kappa shape index (κ1) is 10.6. The van der Waals surface area contributed by atoms with Gasteiger partial charge in [0.25, 0.3) is 0 Å². The van der Waals surface area contributed by atoms with Crippen molar-refractivity contribution in [3.05, 3.63) is 43.2 Å². The Bertz CT molecular complexity index is 488. The fourth-order valence-corrected chi connectivity index (χ4v) is 1.66. The van der Waals surface area contributed by atoms with Crippen molar-refractivity contribution in [3.8, 4) is 0 Å². The minimum atomic E-state index is 0.329. The number of rotatable bonds is 4. The summed E-state index contributed by atoms with van der Waals surface area (Å²) in [5, 5.41) is 4.42. The Morgan fingerprint density at radius 1 is 1.38 bits per heavy atom. The molecule has 82 valence electrons. The highest BCUT2D eigenvalue weighted by atomic mass is 15.0. The van der Waals surface area contributed by atoms with Gasteiger partial charge in [-0.2, -0.15) is 0 Å². The van der Waals surface area contributed by atoms with Gasteiger partial charge >= 0.3 is 0 Å². The molecule has 0 amide bonds. The summed E-state index contributed by atoms with van der Waals surface area (Å²) in [5.74, 6) is 0.889. The number of benzene rings is 1. The largest absolute Gasteiger partial charge is 0.367 e. The van der Waals surface area contributed by atoms with Crippen molar-refractivity contribution in [2.24, 2.45) is 0 Å². The van der Waals surface area contributed by atoms with E-state index in [1.165, 1.54) is 0 Å². The van der Waals surface area contributed by atoms with Crippen molar-refractivity contribution in [3.63, 3.8) is 0 Å². The lowest BCUT2D eigenvalue weighted by atomic mass is 10.2. The van der Waals surface area contributed by atoms with Gasteiger partial charge in [-0.25, -0.2) is 9.97 Å². The van der Waals surface area contributed by atoms with Crippen LogP contribution in [0.4, 0.5) is 5.82 Å². The van der Waals surface area contributed by atoms with Crippen molar-refractivity contribution in [1.29, 1.82) is 0 Å². The average Bonchev–Trinajstić information content (AvgIpc) is 2.30. The molecular weight excluding hydrogens is 198 g/mol. The Labute approximate surface area is 95.2 Å². The summed E-state index contributed by atoms with van der Waals surface area (Å²) in [7, 11) is 0. The number of hydrogen-bond donors (Lipinski definition) is 1.